The van der Waals surface area contributed by atoms with Crippen LogP contribution < -0.4 is 5.32 Å². The number of esters is 2. The Labute approximate surface area is 172 Å². The van der Waals surface area contributed by atoms with Gasteiger partial charge < -0.3 is 14.8 Å². The molecular weight excluding hydrogens is 407 g/mol. The topological polar surface area (TPSA) is 84.9 Å². The molecule has 1 atom stereocenters. The van der Waals surface area contributed by atoms with Gasteiger partial charge in [0, 0.05) is 6.54 Å². The molecule has 0 saturated heterocycles. The zero-order chi connectivity index (χ0) is 20.8. The van der Waals surface area contributed by atoms with E-state index in [0.29, 0.717) is 10.6 Å². The molecule has 1 N–H and O–H groups in total. The largest absolute Gasteiger partial charge is 0.463 e. The summed E-state index contributed by atoms with van der Waals surface area (Å²) in [4.78, 5) is 39.2. The van der Waals surface area contributed by atoms with Crippen molar-refractivity contribution in [1.82, 2.24) is 10.2 Å². The average molecular weight is 427 g/mol. The predicted octanol–water partition coefficient (Wildman–Crippen LogP) is 3.63. The van der Waals surface area contributed by atoms with Crippen LogP contribution in [0.2, 0.25) is 10.0 Å². The number of hydrogen-bond donors (Lipinski definition) is 1. The summed E-state index contributed by atoms with van der Waals surface area (Å²) in [6, 6.07) is 3.09. The van der Waals surface area contributed by atoms with E-state index in [1.807, 2.05) is 0 Å². The van der Waals surface area contributed by atoms with Crippen molar-refractivity contribution >= 4 is 41.2 Å². The van der Waals surface area contributed by atoms with E-state index in [0.717, 1.165) is 4.90 Å². The summed E-state index contributed by atoms with van der Waals surface area (Å²) in [5.74, 6) is -1.57. The molecule has 2 amide bonds. The summed E-state index contributed by atoms with van der Waals surface area (Å²) >= 11 is 12.1. The van der Waals surface area contributed by atoms with Crippen LogP contribution in [0.4, 0.5) is 4.79 Å². The SMILES string of the molecule is C=CCN1C(=O)NC(c2ccc(Cl)c(Cl)c2)C(C(=O)OCC)=C1C(=O)OCC. The number of rotatable bonds is 7. The van der Waals surface area contributed by atoms with Gasteiger partial charge in [-0.25, -0.2) is 14.4 Å². The Morgan fingerprint density at radius 3 is 2.39 bits per heavy atom. The quantitative estimate of drug-likeness (QED) is 0.531. The van der Waals surface area contributed by atoms with Crippen molar-refractivity contribution in [3.63, 3.8) is 0 Å². The Morgan fingerprint density at radius 1 is 1.18 bits per heavy atom. The van der Waals surface area contributed by atoms with Gasteiger partial charge in [0.1, 0.15) is 5.70 Å². The number of hydrogen-bond acceptors (Lipinski definition) is 5. The number of nitrogens with one attached hydrogen (secondary N) is 1. The number of carbonyl (C=O) groups excluding carboxylic acids is 3. The van der Waals surface area contributed by atoms with Crippen molar-refractivity contribution in [2.45, 2.75) is 19.9 Å². The van der Waals surface area contributed by atoms with Crippen molar-refractivity contribution in [3.05, 3.63) is 57.7 Å². The third-order valence-corrected chi connectivity index (χ3v) is 4.62. The molecule has 2 rings (SSSR count). The van der Waals surface area contributed by atoms with E-state index in [1.165, 1.54) is 18.2 Å². The summed E-state index contributed by atoms with van der Waals surface area (Å²) in [6.07, 6.45) is 1.43. The number of halogens is 2. The van der Waals surface area contributed by atoms with Gasteiger partial charge in [-0.2, -0.15) is 0 Å². The average Bonchev–Trinajstić information content (AvgIpc) is 2.65. The molecule has 0 spiro atoms. The fraction of sp³-hybridized carbons (Fsp3) is 0.316. The molecule has 0 bridgehead atoms. The second-order valence-corrected chi connectivity index (χ2v) is 6.47. The molecule has 0 aliphatic carbocycles. The Bertz CT molecular complexity index is 838. The molecule has 0 saturated carbocycles. The number of nitrogens with zero attached hydrogens (tertiary/aromatic N) is 1. The maximum absolute atomic E-state index is 12.8. The van der Waals surface area contributed by atoms with Crippen LogP contribution in [-0.4, -0.2) is 42.6 Å². The maximum atomic E-state index is 12.8. The molecule has 9 heteroatoms. The summed E-state index contributed by atoms with van der Waals surface area (Å²) in [5.41, 5.74) is 0.214. The zero-order valence-electron chi connectivity index (χ0n) is 15.5. The smallest absolute Gasteiger partial charge is 0.355 e. The van der Waals surface area contributed by atoms with Crippen LogP contribution in [0.25, 0.3) is 0 Å². The first kappa shape index (κ1) is 21.8. The summed E-state index contributed by atoms with van der Waals surface area (Å²) in [6.45, 7) is 7.00. The van der Waals surface area contributed by atoms with Crippen LogP contribution in [0.5, 0.6) is 0 Å². The molecule has 28 heavy (non-hydrogen) atoms. The lowest BCUT2D eigenvalue weighted by Crippen LogP contribution is -2.50. The standard InChI is InChI=1S/C19H20Cl2N2O5/c1-4-9-23-16(18(25)28-6-3)14(17(24)27-5-2)15(22-19(23)26)11-7-8-12(20)13(21)10-11/h4,7-8,10,15H,1,5-6,9H2,2-3H3,(H,22,26). The van der Waals surface area contributed by atoms with Gasteiger partial charge in [0.15, 0.2) is 0 Å². The van der Waals surface area contributed by atoms with E-state index in [9.17, 15) is 14.4 Å². The molecule has 150 valence electrons. The van der Waals surface area contributed by atoms with E-state index in [2.05, 4.69) is 11.9 Å². The van der Waals surface area contributed by atoms with Gasteiger partial charge in [-0.3, -0.25) is 4.90 Å². The van der Waals surface area contributed by atoms with E-state index >= 15 is 0 Å². The summed E-state index contributed by atoms with van der Waals surface area (Å²) in [5, 5.41) is 3.25. The molecule has 1 aliphatic rings. The molecule has 1 unspecified atom stereocenters. The fourth-order valence-electron chi connectivity index (χ4n) is 2.75. The van der Waals surface area contributed by atoms with Gasteiger partial charge in [-0.15, -0.1) is 6.58 Å². The lowest BCUT2D eigenvalue weighted by atomic mass is 9.94. The number of ether oxygens (including phenoxy) is 2. The molecule has 1 heterocycles. The Morgan fingerprint density at radius 2 is 1.82 bits per heavy atom. The number of benzene rings is 1. The zero-order valence-corrected chi connectivity index (χ0v) is 17.0. The summed E-state index contributed by atoms with van der Waals surface area (Å²) < 4.78 is 10.2. The van der Waals surface area contributed by atoms with Gasteiger partial charge in [0.25, 0.3) is 0 Å². The Hall–Kier alpha value is -2.51. The third-order valence-electron chi connectivity index (χ3n) is 3.88. The Kier molecular flexibility index (Phi) is 7.48. The van der Waals surface area contributed by atoms with Crippen LogP contribution in [0, 0.1) is 0 Å². The highest BCUT2D eigenvalue weighted by atomic mass is 35.5. The van der Waals surface area contributed by atoms with Gasteiger partial charge in [0.2, 0.25) is 0 Å². The lowest BCUT2D eigenvalue weighted by molar-refractivity contribution is -0.143. The van der Waals surface area contributed by atoms with Crippen molar-refractivity contribution < 1.29 is 23.9 Å². The fourth-order valence-corrected chi connectivity index (χ4v) is 3.05. The van der Waals surface area contributed by atoms with E-state index < -0.39 is 24.0 Å². The minimum Gasteiger partial charge on any atom is -0.463 e. The molecule has 7 nitrogen and oxygen atoms in total. The van der Waals surface area contributed by atoms with E-state index in [4.69, 9.17) is 32.7 Å². The highest BCUT2D eigenvalue weighted by Gasteiger charge is 2.41. The molecule has 1 aliphatic heterocycles. The second kappa shape index (κ2) is 9.61. The highest BCUT2D eigenvalue weighted by Crippen LogP contribution is 2.34. The van der Waals surface area contributed by atoms with Gasteiger partial charge in [0.05, 0.1) is 34.9 Å². The van der Waals surface area contributed by atoms with Gasteiger partial charge in [-0.1, -0.05) is 35.3 Å². The molecule has 1 aromatic carbocycles. The minimum absolute atomic E-state index is 0.00300. The van der Waals surface area contributed by atoms with Crippen LogP contribution in [0.15, 0.2) is 42.1 Å². The Balaban J connectivity index is 2.72. The first-order chi connectivity index (χ1) is 13.3. The third kappa shape index (κ3) is 4.48. The minimum atomic E-state index is -0.971. The van der Waals surface area contributed by atoms with Gasteiger partial charge in [-0.05, 0) is 31.5 Å². The first-order valence-electron chi connectivity index (χ1n) is 8.57. The molecule has 0 radical (unpaired) electrons. The molecule has 0 fully saturated rings. The normalized spacial score (nSPS) is 16.5. The highest BCUT2D eigenvalue weighted by molar-refractivity contribution is 6.42. The number of carbonyl (C=O) groups is 3. The van der Waals surface area contributed by atoms with E-state index in [1.54, 1.807) is 19.9 Å². The van der Waals surface area contributed by atoms with Gasteiger partial charge >= 0.3 is 18.0 Å². The number of amides is 2. The van der Waals surface area contributed by atoms with Crippen LogP contribution in [-0.2, 0) is 19.1 Å². The molecular formula is C19H20Cl2N2O5. The van der Waals surface area contributed by atoms with Crippen molar-refractivity contribution in [3.8, 4) is 0 Å². The predicted molar refractivity (Wildman–Crippen MR) is 105 cm³/mol. The first-order valence-corrected chi connectivity index (χ1v) is 9.33. The molecule has 0 aromatic heterocycles. The van der Waals surface area contributed by atoms with Crippen LogP contribution in [0.1, 0.15) is 25.5 Å². The van der Waals surface area contributed by atoms with Crippen LogP contribution in [0.3, 0.4) is 0 Å². The van der Waals surface area contributed by atoms with Crippen molar-refractivity contribution in [2.75, 3.05) is 19.8 Å². The summed E-state index contributed by atoms with van der Waals surface area (Å²) in [7, 11) is 0. The maximum Gasteiger partial charge on any atom is 0.355 e. The second-order valence-electron chi connectivity index (χ2n) is 5.66. The van der Waals surface area contributed by atoms with E-state index in [-0.39, 0.29) is 36.1 Å². The monoisotopic (exact) mass is 426 g/mol. The van der Waals surface area contributed by atoms with Crippen molar-refractivity contribution in [2.24, 2.45) is 0 Å². The lowest BCUT2D eigenvalue weighted by Gasteiger charge is -2.35. The van der Waals surface area contributed by atoms with Crippen LogP contribution >= 0.6 is 23.2 Å². The molecule has 1 aromatic rings. The van der Waals surface area contributed by atoms with Crippen molar-refractivity contribution in [1.29, 1.82) is 0 Å². The number of urea groups is 1.